The predicted octanol–water partition coefficient (Wildman–Crippen LogP) is 4.00. The smallest absolute Gasteiger partial charge is 0.253 e. The number of rotatable bonds is 7. The molecule has 0 aliphatic rings. The Morgan fingerprint density at radius 2 is 1.82 bits per heavy atom. The zero-order valence-corrected chi connectivity index (χ0v) is 16.0. The number of benzene rings is 2. The molecule has 1 heterocycles. The van der Waals surface area contributed by atoms with E-state index in [2.05, 4.69) is 4.98 Å². The van der Waals surface area contributed by atoms with Crippen LogP contribution in [-0.4, -0.2) is 22.4 Å². The molecule has 0 unspecified atom stereocenters. The van der Waals surface area contributed by atoms with Gasteiger partial charge >= 0.3 is 0 Å². The molecule has 1 aromatic heterocycles. The molecular formula is C22H23FN2O3. The lowest BCUT2D eigenvalue weighted by Gasteiger charge is -2.22. The van der Waals surface area contributed by atoms with Crippen molar-refractivity contribution < 1.29 is 13.9 Å². The van der Waals surface area contributed by atoms with Crippen molar-refractivity contribution in [3.63, 3.8) is 0 Å². The number of nitrogens with zero attached hydrogens (tertiary/aromatic N) is 1. The van der Waals surface area contributed by atoms with Crippen LogP contribution < -0.4 is 10.3 Å². The van der Waals surface area contributed by atoms with Gasteiger partial charge in [-0.25, -0.2) is 4.39 Å². The molecule has 3 rings (SSSR count). The fourth-order valence-corrected chi connectivity index (χ4v) is 3.08. The second-order valence-electron chi connectivity index (χ2n) is 6.54. The van der Waals surface area contributed by atoms with Crippen molar-refractivity contribution >= 4 is 16.8 Å². The highest BCUT2D eigenvalue weighted by Gasteiger charge is 2.15. The lowest BCUT2D eigenvalue weighted by molar-refractivity contribution is -0.132. The summed E-state index contributed by atoms with van der Waals surface area (Å²) in [5.74, 6) is 0.320. The van der Waals surface area contributed by atoms with Crippen LogP contribution in [0.1, 0.15) is 31.4 Å². The highest BCUT2D eigenvalue weighted by atomic mass is 19.1. The number of aromatic amines is 1. The van der Waals surface area contributed by atoms with Crippen molar-refractivity contribution in [2.75, 3.05) is 6.61 Å². The van der Waals surface area contributed by atoms with Crippen LogP contribution >= 0.6 is 0 Å². The van der Waals surface area contributed by atoms with Gasteiger partial charge in [0.05, 0.1) is 13.2 Å². The Bertz CT molecular complexity index is 1030. The number of amides is 1. The Labute approximate surface area is 162 Å². The molecule has 0 atom stereocenters. The molecule has 2 aromatic carbocycles. The summed E-state index contributed by atoms with van der Waals surface area (Å²) in [6, 6.07) is 13.3. The van der Waals surface area contributed by atoms with Crippen LogP contribution in [0.2, 0.25) is 0 Å². The molecule has 6 heteroatoms. The molecule has 146 valence electrons. The third kappa shape index (κ3) is 4.57. The summed E-state index contributed by atoms with van der Waals surface area (Å²) in [6.07, 6.45) is 0.321. The minimum atomic E-state index is -0.326. The average molecular weight is 382 g/mol. The van der Waals surface area contributed by atoms with Crippen molar-refractivity contribution in [1.82, 2.24) is 9.88 Å². The standard InChI is InChI=1S/C22H23FN2O3/c1-3-21(26)25(13-15-5-7-18(23)8-6-15)14-17-11-16-12-19(28-4-2)9-10-20(16)24-22(17)27/h5-12H,3-4,13-14H2,1-2H3,(H,24,27). The van der Waals surface area contributed by atoms with Crippen molar-refractivity contribution in [3.8, 4) is 5.75 Å². The Hall–Kier alpha value is -3.15. The van der Waals surface area contributed by atoms with Crippen molar-refractivity contribution in [2.45, 2.75) is 33.4 Å². The van der Waals surface area contributed by atoms with Gasteiger partial charge in [0, 0.05) is 29.4 Å². The number of H-pyrrole nitrogens is 1. The van der Waals surface area contributed by atoms with Crippen molar-refractivity contribution in [2.24, 2.45) is 0 Å². The van der Waals surface area contributed by atoms with Crippen molar-refractivity contribution in [3.05, 3.63) is 75.8 Å². The van der Waals surface area contributed by atoms with Crippen LogP contribution in [0, 0.1) is 5.82 Å². The van der Waals surface area contributed by atoms with E-state index in [0.29, 0.717) is 30.7 Å². The first-order chi connectivity index (χ1) is 13.5. The van der Waals surface area contributed by atoms with E-state index in [-0.39, 0.29) is 23.8 Å². The van der Waals surface area contributed by atoms with Gasteiger partial charge in [-0.1, -0.05) is 19.1 Å². The van der Waals surface area contributed by atoms with Gasteiger partial charge in [-0.2, -0.15) is 0 Å². The first-order valence-electron chi connectivity index (χ1n) is 9.31. The first-order valence-corrected chi connectivity index (χ1v) is 9.31. The van der Waals surface area contributed by atoms with E-state index in [0.717, 1.165) is 16.7 Å². The van der Waals surface area contributed by atoms with Gasteiger partial charge in [-0.3, -0.25) is 9.59 Å². The van der Waals surface area contributed by atoms with E-state index in [4.69, 9.17) is 4.74 Å². The Morgan fingerprint density at radius 3 is 2.50 bits per heavy atom. The van der Waals surface area contributed by atoms with Gasteiger partial charge < -0.3 is 14.6 Å². The summed E-state index contributed by atoms with van der Waals surface area (Å²) < 4.78 is 18.7. The minimum Gasteiger partial charge on any atom is -0.494 e. The predicted molar refractivity (Wildman–Crippen MR) is 107 cm³/mol. The van der Waals surface area contributed by atoms with E-state index in [1.54, 1.807) is 36.1 Å². The lowest BCUT2D eigenvalue weighted by Crippen LogP contribution is -2.31. The summed E-state index contributed by atoms with van der Waals surface area (Å²) in [4.78, 5) is 29.4. The van der Waals surface area contributed by atoms with Gasteiger partial charge in [0.15, 0.2) is 0 Å². The van der Waals surface area contributed by atoms with Crippen LogP contribution in [-0.2, 0) is 17.9 Å². The summed E-state index contributed by atoms with van der Waals surface area (Å²) >= 11 is 0. The number of ether oxygens (including phenoxy) is 1. The summed E-state index contributed by atoms with van der Waals surface area (Å²) in [6.45, 7) is 4.72. The molecular weight excluding hydrogens is 359 g/mol. The number of carbonyl (C=O) groups excluding carboxylic acids is 1. The van der Waals surface area contributed by atoms with Crippen LogP contribution in [0.4, 0.5) is 4.39 Å². The van der Waals surface area contributed by atoms with E-state index in [1.807, 2.05) is 19.1 Å². The zero-order valence-electron chi connectivity index (χ0n) is 16.0. The fraction of sp³-hybridized carbons (Fsp3) is 0.273. The van der Waals surface area contributed by atoms with Crippen molar-refractivity contribution in [1.29, 1.82) is 0 Å². The number of carbonyl (C=O) groups is 1. The molecule has 0 fully saturated rings. The lowest BCUT2D eigenvalue weighted by atomic mass is 10.1. The second-order valence-corrected chi connectivity index (χ2v) is 6.54. The van der Waals surface area contributed by atoms with E-state index in [1.165, 1.54) is 12.1 Å². The summed E-state index contributed by atoms with van der Waals surface area (Å²) in [5.41, 5.74) is 1.78. The topological polar surface area (TPSA) is 62.4 Å². The second kappa shape index (κ2) is 8.69. The van der Waals surface area contributed by atoms with Crippen LogP contribution in [0.3, 0.4) is 0 Å². The zero-order chi connectivity index (χ0) is 20.1. The maximum Gasteiger partial charge on any atom is 0.253 e. The Kier molecular flexibility index (Phi) is 6.09. The number of pyridine rings is 1. The Morgan fingerprint density at radius 1 is 1.07 bits per heavy atom. The van der Waals surface area contributed by atoms with E-state index in [9.17, 15) is 14.0 Å². The molecule has 28 heavy (non-hydrogen) atoms. The summed E-state index contributed by atoms with van der Waals surface area (Å²) in [5, 5.41) is 0.839. The van der Waals surface area contributed by atoms with Gasteiger partial charge in [-0.15, -0.1) is 0 Å². The molecule has 3 aromatic rings. The van der Waals surface area contributed by atoms with Crippen LogP contribution in [0.15, 0.2) is 53.3 Å². The van der Waals surface area contributed by atoms with E-state index >= 15 is 0 Å². The third-order valence-electron chi connectivity index (χ3n) is 4.51. The molecule has 0 aliphatic carbocycles. The fourth-order valence-electron chi connectivity index (χ4n) is 3.08. The highest BCUT2D eigenvalue weighted by Crippen LogP contribution is 2.20. The molecule has 0 saturated heterocycles. The number of halogens is 1. The number of nitrogens with one attached hydrogen (secondary N) is 1. The Balaban J connectivity index is 1.91. The maximum atomic E-state index is 13.1. The molecule has 1 N–H and O–H groups in total. The van der Waals surface area contributed by atoms with Gasteiger partial charge in [-0.05, 0) is 48.9 Å². The molecule has 0 spiro atoms. The quantitative estimate of drug-likeness (QED) is 0.672. The number of hydrogen-bond donors (Lipinski definition) is 1. The molecule has 0 saturated carbocycles. The maximum absolute atomic E-state index is 13.1. The largest absolute Gasteiger partial charge is 0.494 e. The first kappa shape index (κ1) is 19.6. The highest BCUT2D eigenvalue weighted by molar-refractivity contribution is 5.81. The molecule has 5 nitrogen and oxygen atoms in total. The number of hydrogen-bond acceptors (Lipinski definition) is 3. The monoisotopic (exact) mass is 382 g/mol. The molecule has 0 aliphatic heterocycles. The molecule has 0 radical (unpaired) electrons. The van der Waals surface area contributed by atoms with Gasteiger partial charge in [0.25, 0.3) is 5.56 Å². The van der Waals surface area contributed by atoms with Gasteiger partial charge in [0.2, 0.25) is 5.91 Å². The molecule has 1 amide bonds. The van der Waals surface area contributed by atoms with Crippen LogP contribution in [0.25, 0.3) is 10.9 Å². The van der Waals surface area contributed by atoms with Crippen LogP contribution in [0.5, 0.6) is 5.75 Å². The number of fused-ring (bicyclic) bond motifs is 1. The van der Waals surface area contributed by atoms with Gasteiger partial charge in [0.1, 0.15) is 11.6 Å². The summed E-state index contributed by atoms with van der Waals surface area (Å²) in [7, 11) is 0. The average Bonchev–Trinajstić information content (AvgIpc) is 2.69. The number of aromatic nitrogens is 1. The third-order valence-corrected chi connectivity index (χ3v) is 4.51. The normalized spacial score (nSPS) is 10.8. The SMILES string of the molecule is CCOc1ccc2[nH]c(=O)c(CN(Cc3ccc(F)cc3)C(=O)CC)cc2c1. The molecule has 0 bridgehead atoms. The van der Waals surface area contributed by atoms with E-state index < -0.39 is 0 Å². The minimum absolute atomic E-state index is 0.0770.